The van der Waals surface area contributed by atoms with Crippen molar-refractivity contribution < 1.29 is 22.7 Å². The monoisotopic (exact) mass is 582 g/mol. The number of carbonyl (C=O) groups is 1. The molecule has 5 rings (SSSR count). The van der Waals surface area contributed by atoms with Gasteiger partial charge in [-0.25, -0.2) is 8.42 Å². The fourth-order valence-electron chi connectivity index (χ4n) is 5.36. The molecule has 7 nitrogen and oxygen atoms in total. The largest absolute Gasteiger partial charge is 0.491 e. The third-order valence-corrected chi connectivity index (χ3v) is 10.6. The van der Waals surface area contributed by atoms with Crippen molar-refractivity contribution in [3.8, 4) is 5.75 Å². The van der Waals surface area contributed by atoms with E-state index in [1.807, 2.05) is 19.1 Å². The van der Waals surface area contributed by atoms with E-state index in [2.05, 4.69) is 37.4 Å². The number of thiophene rings is 1. The van der Waals surface area contributed by atoms with Crippen LogP contribution < -0.4 is 4.74 Å². The number of sulfonamides is 1. The minimum Gasteiger partial charge on any atom is -0.491 e. The van der Waals surface area contributed by atoms with Crippen molar-refractivity contribution in [1.82, 2.24) is 9.21 Å². The molecule has 0 spiro atoms. The number of aryl methyl sites for hydroxylation is 1. The molecule has 2 aromatic carbocycles. The van der Waals surface area contributed by atoms with Crippen molar-refractivity contribution in [3.05, 3.63) is 81.5 Å². The van der Waals surface area contributed by atoms with E-state index in [4.69, 9.17) is 9.47 Å². The zero-order valence-corrected chi connectivity index (χ0v) is 25.0. The zero-order valence-electron chi connectivity index (χ0n) is 23.4. The zero-order chi connectivity index (χ0) is 28.3. The van der Waals surface area contributed by atoms with E-state index in [-0.39, 0.29) is 36.0 Å². The molecule has 2 aliphatic heterocycles. The number of fused-ring (bicyclic) bond motifs is 1. The molecule has 214 valence electrons. The van der Waals surface area contributed by atoms with Crippen LogP contribution in [0.3, 0.4) is 0 Å². The van der Waals surface area contributed by atoms with Crippen LogP contribution in [-0.2, 0) is 26.0 Å². The predicted octanol–water partition coefficient (Wildman–Crippen LogP) is 5.55. The first kappa shape index (κ1) is 28.8. The van der Waals surface area contributed by atoms with Crippen molar-refractivity contribution >= 4 is 27.3 Å². The molecular weight excluding hydrogens is 544 g/mol. The second-order valence-electron chi connectivity index (χ2n) is 10.9. The van der Waals surface area contributed by atoms with Gasteiger partial charge in [-0.1, -0.05) is 43.7 Å². The van der Waals surface area contributed by atoms with Gasteiger partial charge in [0, 0.05) is 24.6 Å². The third kappa shape index (κ3) is 6.43. The van der Waals surface area contributed by atoms with Crippen LogP contribution in [0.5, 0.6) is 5.75 Å². The average molecular weight is 583 g/mol. The standard InChI is InChI=1S/C31H38N2O5S2/c1-22(2)24-8-10-25(11-9-24)38-21-29-28-15-18-39-30(28)14-16-33(29)31(34)20-32(19-26-5-4-17-37-26)40(35,36)27-12-6-23(3)7-13-27/h6-13,15,18,22,26,29H,4-5,14,16-17,19-21H2,1-3H3/t26-,29-/m1/s1. The Morgan fingerprint density at radius 3 is 2.55 bits per heavy atom. The molecule has 0 unspecified atom stereocenters. The van der Waals surface area contributed by atoms with Gasteiger partial charge in [0.1, 0.15) is 12.4 Å². The smallest absolute Gasteiger partial charge is 0.243 e. The number of rotatable bonds is 10. The van der Waals surface area contributed by atoms with Gasteiger partial charge in [0.05, 0.1) is 23.6 Å². The Balaban J connectivity index is 1.37. The van der Waals surface area contributed by atoms with E-state index < -0.39 is 10.0 Å². The summed E-state index contributed by atoms with van der Waals surface area (Å²) in [6.07, 6.45) is 2.20. The van der Waals surface area contributed by atoms with Gasteiger partial charge in [-0.3, -0.25) is 4.79 Å². The Morgan fingerprint density at radius 1 is 1.12 bits per heavy atom. The maximum atomic E-state index is 13.9. The van der Waals surface area contributed by atoms with Crippen molar-refractivity contribution in [2.75, 3.05) is 32.8 Å². The normalized spacial score (nSPS) is 19.3. The Morgan fingerprint density at radius 2 is 1.88 bits per heavy atom. The summed E-state index contributed by atoms with van der Waals surface area (Å²) in [4.78, 5) is 17.1. The number of hydrogen-bond donors (Lipinski definition) is 0. The maximum absolute atomic E-state index is 13.9. The summed E-state index contributed by atoms with van der Waals surface area (Å²) in [6.45, 7) is 7.57. The summed E-state index contributed by atoms with van der Waals surface area (Å²) >= 11 is 1.69. The maximum Gasteiger partial charge on any atom is 0.243 e. The predicted molar refractivity (Wildman–Crippen MR) is 157 cm³/mol. The number of ether oxygens (including phenoxy) is 2. The highest BCUT2D eigenvalue weighted by Crippen LogP contribution is 2.34. The molecule has 9 heteroatoms. The number of carbonyl (C=O) groups excluding carboxylic acids is 1. The molecule has 1 aromatic heterocycles. The van der Waals surface area contributed by atoms with Crippen LogP contribution in [0, 0.1) is 6.92 Å². The molecule has 0 aliphatic carbocycles. The molecule has 1 saturated heterocycles. The summed E-state index contributed by atoms with van der Waals surface area (Å²) in [5.41, 5.74) is 3.29. The summed E-state index contributed by atoms with van der Waals surface area (Å²) < 4.78 is 40.8. The average Bonchev–Trinajstić information content (AvgIpc) is 3.64. The summed E-state index contributed by atoms with van der Waals surface area (Å²) in [5, 5.41) is 2.05. The van der Waals surface area contributed by atoms with Crippen molar-refractivity contribution in [3.63, 3.8) is 0 Å². The van der Waals surface area contributed by atoms with Crippen LogP contribution in [-0.4, -0.2) is 62.5 Å². The topological polar surface area (TPSA) is 76.2 Å². The van der Waals surface area contributed by atoms with E-state index in [9.17, 15) is 13.2 Å². The highest BCUT2D eigenvalue weighted by Gasteiger charge is 2.36. The van der Waals surface area contributed by atoms with Crippen LogP contribution in [0.25, 0.3) is 0 Å². The second kappa shape index (κ2) is 12.4. The van der Waals surface area contributed by atoms with Crippen LogP contribution in [0.1, 0.15) is 60.2 Å². The van der Waals surface area contributed by atoms with Crippen LogP contribution in [0.15, 0.2) is 64.9 Å². The van der Waals surface area contributed by atoms with Gasteiger partial charge in [-0.2, -0.15) is 4.31 Å². The van der Waals surface area contributed by atoms with E-state index in [0.717, 1.165) is 36.1 Å². The summed E-state index contributed by atoms with van der Waals surface area (Å²) in [6, 6.07) is 16.6. The Hall–Kier alpha value is -2.72. The van der Waals surface area contributed by atoms with Crippen LogP contribution in [0.2, 0.25) is 0 Å². The van der Waals surface area contributed by atoms with E-state index in [0.29, 0.717) is 25.7 Å². The summed E-state index contributed by atoms with van der Waals surface area (Å²) in [5.74, 6) is 0.957. The molecule has 2 aliphatic rings. The Kier molecular flexibility index (Phi) is 8.95. The molecule has 0 saturated carbocycles. The number of hydrogen-bond acceptors (Lipinski definition) is 6. The molecule has 3 heterocycles. The lowest BCUT2D eigenvalue weighted by Gasteiger charge is -2.37. The first-order valence-corrected chi connectivity index (χ1v) is 16.3. The lowest BCUT2D eigenvalue weighted by Crippen LogP contribution is -2.49. The van der Waals surface area contributed by atoms with E-state index in [1.165, 1.54) is 14.7 Å². The fraction of sp³-hybridized carbons (Fsp3) is 0.452. The lowest BCUT2D eigenvalue weighted by atomic mass is 10.0. The number of nitrogens with zero attached hydrogens (tertiary/aromatic N) is 2. The lowest BCUT2D eigenvalue weighted by molar-refractivity contribution is -0.135. The SMILES string of the molecule is Cc1ccc(S(=O)(=O)N(CC(=O)N2CCc3sccc3[C@H]2COc2ccc(C(C)C)cc2)C[C@H]2CCCO2)cc1. The first-order valence-electron chi connectivity index (χ1n) is 14.0. The molecular formula is C31H38N2O5S2. The van der Waals surface area contributed by atoms with Gasteiger partial charge in [0.25, 0.3) is 0 Å². The molecule has 2 atom stereocenters. The highest BCUT2D eigenvalue weighted by atomic mass is 32.2. The third-order valence-electron chi connectivity index (χ3n) is 7.77. The van der Waals surface area contributed by atoms with Gasteiger partial charge in [0.15, 0.2) is 0 Å². The number of benzene rings is 2. The molecule has 40 heavy (non-hydrogen) atoms. The highest BCUT2D eigenvalue weighted by molar-refractivity contribution is 7.89. The minimum atomic E-state index is -3.90. The summed E-state index contributed by atoms with van der Waals surface area (Å²) in [7, 11) is -3.90. The molecule has 1 amide bonds. The van der Waals surface area contributed by atoms with Crippen molar-refractivity contribution in [2.24, 2.45) is 0 Å². The Labute approximate surface area is 241 Å². The van der Waals surface area contributed by atoms with Crippen LogP contribution >= 0.6 is 11.3 Å². The number of amides is 1. The van der Waals surface area contributed by atoms with Gasteiger partial charge in [0.2, 0.25) is 15.9 Å². The molecule has 0 N–H and O–H groups in total. The van der Waals surface area contributed by atoms with Gasteiger partial charge >= 0.3 is 0 Å². The molecule has 0 bridgehead atoms. The van der Waals surface area contributed by atoms with Gasteiger partial charge in [-0.15, -0.1) is 11.3 Å². The molecule has 0 radical (unpaired) electrons. The van der Waals surface area contributed by atoms with Gasteiger partial charge < -0.3 is 14.4 Å². The van der Waals surface area contributed by atoms with Crippen molar-refractivity contribution in [1.29, 1.82) is 0 Å². The molecule has 3 aromatic rings. The first-order chi connectivity index (χ1) is 19.2. The fourth-order valence-corrected chi connectivity index (χ4v) is 7.71. The second-order valence-corrected chi connectivity index (χ2v) is 13.9. The Bertz CT molecular complexity index is 1390. The van der Waals surface area contributed by atoms with Crippen LogP contribution in [0.4, 0.5) is 0 Å². The minimum absolute atomic E-state index is 0.156. The van der Waals surface area contributed by atoms with Gasteiger partial charge in [-0.05, 0) is 78.9 Å². The van der Waals surface area contributed by atoms with Crippen molar-refractivity contribution in [2.45, 2.75) is 63.0 Å². The molecule has 1 fully saturated rings. The quantitative estimate of drug-likeness (QED) is 0.313. The van der Waals surface area contributed by atoms with E-state index in [1.54, 1.807) is 40.5 Å². The van der Waals surface area contributed by atoms with E-state index >= 15 is 0 Å².